The van der Waals surface area contributed by atoms with E-state index in [-0.39, 0.29) is 12.3 Å². The third-order valence-corrected chi connectivity index (χ3v) is 4.46. The molecule has 2 aromatic carbocycles. The molecular formula is C20H22Cl2N2O2. The SMILES string of the molecule is CC(C)C[C@@H](C=O)NC(=O)Cc1ccccc1Nc1c(Cl)cccc1Cl. The third-order valence-electron chi connectivity index (χ3n) is 3.83. The van der Waals surface area contributed by atoms with Crippen molar-refractivity contribution in [3.8, 4) is 0 Å². The highest BCUT2D eigenvalue weighted by molar-refractivity contribution is 6.39. The smallest absolute Gasteiger partial charge is 0.225 e. The molecule has 0 saturated heterocycles. The lowest BCUT2D eigenvalue weighted by atomic mass is 10.0. The van der Waals surface area contributed by atoms with Crippen molar-refractivity contribution >= 4 is 46.8 Å². The van der Waals surface area contributed by atoms with Crippen LogP contribution < -0.4 is 10.6 Å². The van der Waals surface area contributed by atoms with E-state index in [0.29, 0.717) is 28.1 Å². The van der Waals surface area contributed by atoms with E-state index in [4.69, 9.17) is 23.2 Å². The van der Waals surface area contributed by atoms with E-state index in [0.717, 1.165) is 17.5 Å². The molecule has 2 N–H and O–H groups in total. The Labute approximate surface area is 163 Å². The Morgan fingerprint density at radius 3 is 2.35 bits per heavy atom. The maximum atomic E-state index is 12.4. The molecule has 0 saturated carbocycles. The maximum Gasteiger partial charge on any atom is 0.225 e. The predicted octanol–water partition coefficient (Wildman–Crippen LogP) is 5.01. The summed E-state index contributed by atoms with van der Waals surface area (Å²) in [6.07, 6.45) is 1.55. The van der Waals surface area contributed by atoms with Gasteiger partial charge >= 0.3 is 0 Å². The zero-order chi connectivity index (χ0) is 19.1. The monoisotopic (exact) mass is 392 g/mol. The Bertz CT molecular complexity index is 758. The van der Waals surface area contributed by atoms with E-state index in [1.54, 1.807) is 18.2 Å². The molecule has 2 rings (SSSR count). The number of hydrogen-bond acceptors (Lipinski definition) is 3. The minimum absolute atomic E-state index is 0.147. The quantitative estimate of drug-likeness (QED) is 0.620. The molecule has 26 heavy (non-hydrogen) atoms. The van der Waals surface area contributed by atoms with Gasteiger partial charge in [0, 0.05) is 5.69 Å². The number of halogens is 2. The van der Waals surface area contributed by atoms with Gasteiger partial charge in [-0.25, -0.2) is 0 Å². The molecule has 4 nitrogen and oxygen atoms in total. The summed E-state index contributed by atoms with van der Waals surface area (Å²) in [6.45, 7) is 4.02. The fourth-order valence-corrected chi connectivity index (χ4v) is 3.13. The molecule has 0 aliphatic carbocycles. The summed E-state index contributed by atoms with van der Waals surface area (Å²) in [6, 6.07) is 12.2. The molecule has 0 aliphatic heterocycles. The summed E-state index contributed by atoms with van der Waals surface area (Å²) in [5, 5.41) is 6.96. The van der Waals surface area contributed by atoms with Crippen molar-refractivity contribution in [1.82, 2.24) is 5.32 Å². The first-order valence-corrected chi connectivity index (χ1v) is 9.20. The van der Waals surface area contributed by atoms with E-state index in [2.05, 4.69) is 10.6 Å². The van der Waals surface area contributed by atoms with Crippen LogP contribution in [0.2, 0.25) is 10.0 Å². The number of aldehydes is 1. The number of carbonyl (C=O) groups excluding carboxylic acids is 2. The lowest BCUT2D eigenvalue weighted by Crippen LogP contribution is -2.37. The highest BCUT2D eigenvalue weighted by atomic mass is 35.5. The number of benzene rings is 2. The van der Waals surface area contributed by atoms with Gasteiger partial charge in [-0.15, -0.1) is 0 Å². The standard InChI is InChI=1S/C20H22Cl2N2O2/c1-13(2)10-15(12-25)23-19(26)11-14-6-3-4-9-18(14)24-20-16(21)7-5-8-17(20)22/h3-9,12-13,15,24H,10-11H2,1-2H3,(H,23,26)/t15-/m0/s1. The van der Waals surface area contributed by atoms with Crippen LogP contribution in [-0.4, -0.2) is 18.2 Å². The van der Waals surface area contributed by atoms with Gasteiger partial charge in [-0.05, 0) is 36.1 Å². The van der Waals surface area contributed by atoms with Gasteiger partial charge < -0.3 is 15.4 Å². The van der Waals surface area contributed by atoms with Crippen LogP contribution in [0.15, 0.2) is 42.5 Å². The normalized spacial score (nSPS) is 11.9. The van der Waals surface area contributed by atoms with E-state index in [1.165, 1.54) is 0 Å². The molecule has 0 aliphatic rings. The Hall–Kier alpha value is -2.04. The first kappa shape index (κ1) is 20.3. The Balaban J connectivity index is 2.14. The van der Waals surface area contributed by atoms with Crippen LogP contribution in [0, 0.1) is 5.92 Å². The Kier molecular flexibility index (Phi) is 7.49. The first-order valence-electron chi connectivity index (χ1n) is 8.44. The predicted molar refractivity (Wildman–Crippen MR) is 107 cm³/mol. The molecule has 2 aromatic rings. The average molecular weight is 393 g/mol. The number of anilines is 2. The molecule has 1 atom stereocenters. The van der Waals surface area contributed by atoms with Crippen molar-refractivity contribution in [1.29, 1.82) is 0 Å². The van der Waals surface area contributed by atoms with Gasteiger partial charge in [0.25, 0.3) is 0 Å². The zero-order valence-corrected chi connectivity index (χ0v) is 16.3. The molecule has 138 valence electrons. The number of para-hydroxylation sites is 2. The zero-order valence-electron chi connectivity index (χ0n) is 14.8. The average Bonchev–Trinajstić information content (AvgIpc) is 2.58. The second kappa shape index (κ2) is 9.60. The van der Waals surface area contributed by atoms with Crippen LogP contribution in [0.3, 0.4) is 0 Å². The van der Waals surface area contributed by atoms with Crippen LogP contribution in [0.1, 0.15) is 25.8 Å². The highest BCUT2D eigenvalue weighted by Crippen LogP contribution is 2.33. The lowest BCUT2D eigenvalue weighted by molar-refractivity contribution is -0.123. The molecule has 0 spiro atoms. The lowest BCUT2D eigenvalue weighted by Gasteiger charge is -2.17. The van der Waals surface area contributed by atoms with Crippen molar-refractivity contribution in [2.24, 2.45) is 5.92 Å². The molecule has 0 bridgehead atoms. The second-order valence-corrected chi connectivity index (χ2v) is 7.31. The van der Waals surface area contributed by atoms with Crippen LogP contribution in [-0.2, 0) is 16.0 Å². The maximum absolute atomic E-state index is 12.4. The van der Waals surface area contributed by atoms with Gasteiger partial charge in [0.1, 0.15) is 6.29 Å². The minimum atomic E-state index is -0.472. The minimum Gasteiger partial charge on any atom is -0.353 e. The van der Waals surface area contributed by atoms with Gasteiger partial charge in [0.05, 0.1) is 28.2 Å². The van der Waals surface area contributed by atoms with E-state index in [9.17, 15) is 9.59 Å². The molecule has 6 heteroatoms. The number of hydrogen-bond donors (Lipinski definition) is 2. The van der Waals surface area contributed by atoms with Gasteiger partial charge in [-0.1, -0.05) is 61.3 Å². The molecule has 0 unspecified atom stereocenters. The highest BCUT2D eigenvalue weighted by Gasteiger charge is 2.15. The molecule has 0 fully saturated rings. The van der Waals surface area contributed by atoms with Crippen molar-refractivity contribution in [3.63, 3.8) is 0 Å². The first-order chi connectivity index (χ1) is 12.4. The number of amides is 1. The fraction of sp³-hybridized carbons (Fsp3) is 0.300. The van der Waals surface area contributed by atoms with Gasteiger partial charge in [-0.3, -0.25) is 4.79 Å². The van der Waals surface area contributed by atoms with Crippen LogP contribution in [0.4, 0.5) is 11.4 Å². The third kappa shape index (κ3) is 5.75. The summed E-state index contributed by atoms with van der Waals surface area (Å²) in [5.41, 5.74) is 2.12. The summed E-state index contributed by atoms with van der Waals surface area (Å²) in [7, 11) is 0. The Morgan fingerprint density at radius 1 is 1.08 bits per heavy atom. The second-order valence-electron chi connectivity index (χ2n) is 6.50. The summed E-state index contributed by atoms with van der Waals surface area (Å²) in [4.78, 5) is 23.5. The fourth-order valence-electron chi connectivity index (χ4n) is 2.64. The van der Waals surface area contributed by atoms with E-state index >= 15 is 0 Å². The molecule has 1 amide bonds. The molecule has 0 radical (unpaired) electrons. The summed E-state index contributed by atoms with van der Waals surface area (Å²) < 4.78 is 0. The Morgan fingerprint density at radius 2 is 1.73 bits per heavy atom. The van der Waals surface area contributed by atoms with Gasteiger partial charge in [0.15, 0.2) is 0 Å². The van der Waals surface area contributed by atoms with E-state index < -0.39 is 6.04 Å². The van der Waals surface area contributed by atoms with Crippen molar-refractivity contribution in [2.75, 3.05) is 5.32 Å². The summed E-state index contributed by atoms with van der Waals surface area (Å²) in [5.74, 6) is 0.115. The largest absolute Gasteiger partial charge is 0.353 e. The van der Waals surface area contributed by atoms with Crippen molar-refractivity contribution in [3.05, 3.63) is 58.1 Å². The number of rotatable bonds is 8. The topological polar surface area (TPSA) is 58.2 Å². The van der Waals surface area contributed by atoms with Crippen LogP contribution in [0.5, 0.6) is 0 Å². The molecule has 0 heterocycles. The number of nitrogens with one attached hydrogen (secondary N) is 2. The number of carbonyl (C=O) groups is 2. The van der Waals surface area contributed by atoms with Crippen molar-refractivity contribution in [2.45, 2.75) is 32.7 Å². The van der Waals surface area contributed by atoms with Crippen LogP contribution >= 0.6 is 23.2 Å². The molecule has 0 aromatic heterocycles. The van der Waals surface area contributed by atoms with Crippen LogP contribution in [0.25, 0.3) is 0 Å². The summed E-state index contributed by atoms with van der Waals surface area (Å²) >= 11 is 12.4. The molecular weight excluding hydrogens is 371 g/mol. The van der Waals surface area contributed by atoms with E-state index in [1.807, 2.05) is 38.1 Å². The van der Waals surface area contributed by atoms with Gasteiger partial charge in [0.2, 0.25) is 5.91 Å². The van der Waals surface area contributed by atoms with Gasteiger partial charge in [-0.2, -0.15) is 0 Å². The van der Waals surface area contributed by atoms with Crippen molar-refractivity contribution < 1.29 is 9.59 Å².